The largest absolute Gasteiger partial charge is 0.390 e. The van der Waals surface area contributed by atoms with Gasteiger partial charge in [-0.2, -0.15) is 4.98 Å². The lowest BCUT2D eigenvalue weighted by molar-refractivity contribution is -0.123. The van der Waals surface area contributed by atoms with Crippen molar-refractivity contribution in [2.75, 3.05) is 13.1 Å². The van der Waals surface area contributed by atoms with Gasteiger partial charge in [0.2, 0.25) is 17.6 Å². The van der Waals surface area contributed by atoms with Crippen molar-refractivity contribution >= 4 is 18.3 Å². The fourth-order valence-corrected chi connectivity index (χ4v) is 2.48. The van der Waals surface area contributed by atoms with E-state index < -0.39 is 6.10 Å². The zero-order chi connectivity index (χ0) is 16.1. The van der Waals surface area contributed by atoms with Gasteiger partial charge in [-0.3, -0.25) is 9.78 Å². The first-order valence-electron chi connectivity index (χ1n) is 7.63. The molecule has 1 fully saturated rings. The summed E-state index contributed by atoms with van der Waals surface area (Å²) < 4.78 is 5.16. The Kier molecular flexibility index (Phi) is 6.65. The number of hydrogen-bond acceptors (Lipinski definition) is 7. The maximum atomic E-state index is 12.0. The Morgan fingerprint density at radius 2 is 2.21 bits per heavy atom. The molecule has 0 aliphatic carbocycles. The van der Waals surface area contributed by atoms with Gasteiger partial charge in [0.15, 0.2) is 0 Å². The highest BCUT2D eigenvalue weighted by Gasteiger charge is 2.24. The van der Waals surface area contributed by atoms with Gasteiger partial charge >= 0.3 is 0 Å². The standard InChI is InChI=1S/C15H19N5O3.ClH/c21-12-9-17-8-5-11(12)18-13(22)1-2-14-19-15(20-23-14)10-3-6-16-7-4-10;/h3-4,6-7,11-12,17,21H,1-2,5,8-9H2,(H,18,22);1H/t11-,12-;/m1./s1. The van der Waals surface area contributed by atoms with Crippen LogP contribution in [0, 0.1) is 0 Å². The molecule has 1 aliphatic rings. The number of β-amino-alcohol motifs (C(OH)–C–C–N with tert-alkyl or cyclic N) is 1. The van der Waals surface area contributed by atoms with Crippen LogP contribution in [0.1, 0.15) is 18.7 Å². The number of aliphatic hydroxyl groups is 1. The van der Waals surface area contributed by atoms with E-state index in [4.69, 9.17) is 4.52 Å². The van der Waals surface area contributed by atoms with E-state index in [1.54, 1.807) is 24.5 Å². The molecular weight excluding hydrogens is 334 g/mol. The highest BCUT2D eigenvalue weighted by molar-refractivity contribution is 5.85. The van der Waals surface area contributed by atoms with Crippen LogP contribution in [0.2, 0.25) is 0 Å². The Morgan fingerprint density at radius 3 is 2.96 bits per heavy atom. The van der Waals surface area contributed by atoms with E-state index in [0.29, 0.717) is 24.7 Å². The normalized spacial score (nSPS) is 20.2. The van der Waals surface area contributed by atoms with Crippen LogP contribution >= 0.6 is 12.4 Å². The Hall–Kier alpha value is -2.03. The number of hydrogen-bond donors (Lipinski definition) is 3. The minimum Gasteiger partial charge on any atom is -0.390 e. The summed E-state index contributed by atoms with van der Waals surface area (Å²) in [6.07, 6.45) is 4.10. The quantitative estimate of drug-likeness (QED) is 0.709. The number of aliphatic hydroxyl groups excluding tert-OH is 1. The van der Waals surface area contributed by atoms with Crippen LogP contribution in [-0.2, 0) is 11.2 Å². The molecule has 0 saturated carbocycles. The molecule has 3 heterocycles. The molecule has 0 unspecified atom stereocenters. The van der Waals surface area contributed by atoms with Crippen molar-refractivity contribution in [3.05, 3.63) is 30.4 Å². The Bertz CT molecular complexity index is 652. The van der Waals surface area contributed by atoms with Gasteiger partial charge in [0.25, 0.3) is 0 Å². The molecule has 1 saturated heterocycles. The summed E-state index contributed by atoms with van der Waals surface area (Å²) in [5.41, 5.74) is 0.817. The Labute approximate surface area is 145 Å². The van der Waals surface area contributed by atoms with Crippen LogP contribution in [-0.4, -0.2) is 51.4 Å². The Morgan fingerprint density at radius 1 is 1.42 bits per heavy atom. The average molecular weight is 354 g/mol. The second kappa shape index (κ2) is 8.72. The first-order valence-corrected chi connectivity index (χ1v) is 7.63. The number of carbonyl (C=O) groups excluding carboxylic acids is 1. The lowest BCUT2D eigenvalue weighted by atomic mass is 10.0. The van der Waals surface area contributed by atoms with Crippen LogP contribution in [0.25, 0.3) is 11.4 Å². The lowest BCUT2D eigenvalue weighted by Crippen LogP contribution is -2.52. The summed E-state index contributed by atoms with van der Waals surface area (Å²) in [5.74, 6) is 0.772. The summed E-state index contributed by atoms with van der Waals surface area (Å²) in [7, 11) is 0. The van der Waals surface area contributed by atoms with E-state index in [1.807, 2.05) is 0 Å². The van der Waals surface area contributed by atoms with Crippen LogP contribution in [0.15, 0.2) is 29.0 Å². The van der Waals surface area contributed by atoms with Crippen LogP contribution < -0.4 is 10.6 Å². The molecule has 8 nitrogen and oxygen atoms in total. The van der Waals surface area contributed by atoms with Gasteiger partial charge in [0.05, 0.1) is 12.1 Å². The van der Waals surface area contributed by atoms with Crippen LogP contribution in [0.4, 0.5) is 0 Å². The fraction of sp³-hybridized carbons (Fsp3) is 0.467. The van der Waals surface area contributed by atoms with Crippen molar-refractivity contribution in [3.8, 4) is 11.4 Å². The summed E-state index contributed by atoms with van der Waals surface area (Å²) in [4.78, 5) is 20.2. The third-order valence-electron chi connectivity index (χ3n) is 3.77. The molecule has 2 atom stereocenters. The summed E-state index contributed by atoms with van der Waals surface area (Å²) in [6, 6.07) is 3.39. The second-order valence-electron chi connectivity index (χ2n) is 5.48. The van der Waals surface area contributed by atoms with Gasteiger partial charge in [-0.1, -0.05) is 5.16 Å². The van der Waals surface area contributed by atoms with E-state index in [1.165, 1.54) is 0 Å². The van der Waals surface area contributed by atoms with E-state index in [0.717, 1.165) is 18.5 Å². The van der Waals surface area contributed by atoms with E-state index in [2.05, 4.69) is 25.8 Å². The average Bonchev–Trinajstić information content (AvgIpc) is 3.05. The van der Waals surface area contributed by atoms with Crippen molar-refractivity contribution in [1.82, 2.24) is 25.8 Å². The fourth-order valence-electron chi connectivity index (χ4n) is 2.48. The lowest BCUT2D eigenvalue weighted by Gasteiger charge is -2.29. The predicted octanol–water partition coefficient (Wildman–Crippen LogP) is 0.325. The molecule has 2 aromatic heterocycles. The minimum atomic E-state index is -0.547. The maximum Gasteiger partial charge on any atom is 0.227 e. The number of aromatic nitrogens is 3. The highest BCUT2D eigenvalue weighted by Crippen LogP contribution is 2.14. The first kappa shape index (κ1) is 18.3. The molecule has 3 N–H and O–H groups in total. The number of amides is 1. The molecule has 24 heavy (non-hydrogen) atoms. The van der Waals surface area contributed by atoms with E-state index >= 15 is 0 Å². The topological polar surface area (TPSA) is 113 Å². The van der Waals surface area contributed by atoms with Crippen molar-refractivity contribution in [3.63, 3.8) is 0 Å². The van der Waals surface area contributed by atoms with Gasteiger partial charge in [-0.15, -0.1) is 12.4 Å². The molecule has 1 aliphatic heterocycles. The van der Waals surface area contributed by atoms with E-state index in [-0.39, 0.29) is 30.8 Å². The van der Waals surface area contributed by atoms with Crippen LogP contribution in [0.5, 0.6) is 0 Å². The number of nitrogens with one attached hydrogen (secondary N) is 2. The molecule has 0 spiro atoms. The summed E-state index contributed by atoms with van der Waals surface area (Å²) >= 11 is 0. The third-order valence-corrected chi connectivity index (χ3v) is 3.77. The van der Waals surface area contributed by atoms with Crippen molar-refractivity contribution in [2.45, 2.75) is 31.4 Å². The number of nitrogens with zero attached hydrogens (tertiary/aromatic N) is 3. The monoisotopic (exact) mass is 353 g/mol. The van der Waals surface area contributed by atoms with Crippen molar-refractivity contribution in [1.29, 1.82) is 0 Å². The zero-order valence-corrected chi connectivity index (χ0v) is 13.8. The van der Waals surface area contributed by atoms with Crippen molar-refractivity contribution < 1.29 is 14.4 Å². The second-order valence-corrected chi connectivity index (χ2v) is 5.48. The maximum absolute atomic E-state index is 12.0. The van der Waals surface area contributed by atoms with Gasteiger partial charge in [0, 0.05) is 37.3 Å². The molecule has 9 heteroatoms. The molecular formula is C15H20ClN5O3. The van der Waals surface area contributed by atoms with Gasteiger partial charge in [-0.05, 0) is 25.1 Å². The third kappa shape index (κ3) is 4.73. The molecule has 0 radical (unpaired) electrons. The molecule has 0 bridgehead atoms. The van der Waals surface area contributed by atoms with Crippen molar-refractivity contribution in [2.24, 2.45) is 0 Å². The van der Waals surface area contributed by atoms with Gasteiger partial charge < -0.3 is 20.3 Å². The Balaban J connectivity index is 0.00000208. The van der Waals surface area contributed by atoms with Gasteiger partial charge in [-0.25, -0.2) is 0 Å². The number of carbonyl (C=O) groups is 1. The smallest absolute Gasteiger partial charge is 0.227 e. The number of halogens is 1. The van der Waals surface area contributed by atoms with Crippen LogP contribution in [0.3, 0.4) is 0 Å². The predicted molar refractivity (Wildman–Crippen MR) is 88.5 cm³/mol. The minimum absolute atomic E-state index is 0. The first-order chi connectivity index (χ1) is 11.2. The molecule has 3 rings (SSSR count). The molecule has 2 aromatic rings. The number of piperidine rings is 1. The molecule has 130 valence electrons. The number of rotatable bonds is 5. The summed E-state index contributed by atoms with van der Waals surface area (Å²) in [5, 5.41) is 19.6. The molecule has 1 amide bonds. The zero-order valence-electron chi connectivity index (χ0n) is 13.0. The summed E-state index contributed by atoms with van der Waals surface area (Å²) in [6.45, 7) is 1.30. The van der Waals surface area contributed by atoms with E-state index in [9.17, 15) is 9.90 Å². The number of pyridine rings is 1. The van der Waals surface area contributed by atoms with Gasteiger partial charge in [0.1, 0.15) is 0 Å². The number of aryl methyl sites for hydroxylation is 1. The SMILES string of the molecule is Cl.O=C(CCc1nc(-c2ccncc2)no1)N[C@@H]1CCNC[C@H]1O. The highest BCUT2D eigenvalue weighted by atomic mass is 35.5. The molecule has 0 aromatic carbocycles.